The number of likely N-dealkylation sites (tertiary alicyclic amines) is 1. The molecule has 0 amide bonds. The number of benzene rings is 2. The Morgan fingerprint density at radius 1 is 1.17 bits per heavy atom. The van der Waals surface area contributed by atoms with Gasteiger partial charge in [0.2, 0.25) is 5.72 Å². The van der Waals surface area contributed by atoms with E-state index in [0.717, 1.165) is 67.2 Å². The van der Waals surface area contributed by atoms with E-state index in [-0.39, 0.29) is 11.8 Å². The van der Waals surface area contributed by atoms with Gasteiger partial charge in [0.05, 0.1) is 18.9 Å². The Kier molecular flexibility index (Phi) is 4.39. The van der Waals surface area contributed by atoms with Gasteiger partial charge in [0, 0.05) is 37.9 Å². The number of hydrogen-bond donors (Lipinski definition) is 1. The summed E-state index contributed by atoms with van der Waals surface area (Å²) in [6.07, 6.45) is 2.62. The van der Waals surface area contributed by atoms with Crippen LogP contribution >= 0.6 is 0 Å². The van der Waals surface area contributed by atoms with Gasteiger partial charge in [-0.05, 0) is 42.4 Å². The lowest BCUT2D eigenvalue weighted by atomic mass is 9.90. The number of fused-ring (bicyclic) bond motifs is 4. The molecular formula is C23H27N3O3. The third-order valence-corrected chi connectivity index (χ3v) is 6.49. The van der Waals surface area contributed by atoms with Crippen molar-refractivity contribution in [2.24, 2.45) is 5.10 Å². The molecule has 1 atom stereocenters. The van der Waals surface area contributed by atoms with E-state index in [1.54, 1.807) is 19.2 Å². The predicted molar refractivity (Wildman–Crippen MR) is 112 cm³/mol. The van der Waals surface area contributed by atoms with Gasteiger partial charge in [-0.2, -0.15) is 5.10 Å². The van der Waals surface area contributed by atoms with Crippen LogP contribution in [-0.4, -0.2) is 53.2 Å². The van der Waals surface area contributed by atoms with E-state index in [2.05, 4.69) is 22.9 Å². The van der Waals surface area contributed by atoms with Gasteiger partial charge in [-0.3, -0.25) is 0 Å². The van der Waals surface area contributed by atoms with E-state index in [0.29, 0.717) is 0 Å². The molecular weight excluding hydrogens is 366 g/mol. The maximum atomic E-state index is 9.65. The molecule has 0 aromatic heterocycles. The van der Waals surface area contributed by atoms with Gasteiger partial charge in [0.1, 0.15) is 5.75 Å². The molecule has 1 unspecified atom stereocenters. The van der Waals surface area contributed by atoms with E-state index in [4.69, 9.17) is 14.6 Å². The molecule has 3 aliphatic rings. The molecule has 1 N–H and O–H groups in total. The minimum atomic E-state index is -0.448. The average molecular weight is 393 g/mol. The summed E-state index contributed by atoms with van der Waals surface area (Å²) in [6, 6.07) is 13.6. The van der Waals surface area contributed by atoms with Gasteiger partial charge in [-0.1, -0.05) is 19.1 Å². The summed E-state index contributed by atoms with van der Waals surface area (Å²) in [4.78, 5) is 2.46. The number of hydrazone groups is 1. The lowest BCUT2D eigenvalue weighted by Gasteiger charge is -2.51. The summed E-state index contributed by atoms with van der Waals surface area (Å²) in [6.45, 7) is 5.25. The van der Waals surface area contributed by atoms with E-state index >= 15 is 0 Å². The summed E-state index contributed by atoms with van der Waals surface area (Å²) < 4.78 is 12.4. The van der Waals surface area contributed by atoms with E-state index < -0.39 is 5.72 Å². The largest absolute Gasteiger partial charge is 0.508 e. The highest BCUT2D eigenvalue weighted by Gasteiger charge is 2.52. The highest BCUT2D eigenvalue weighted by molar-refractivity contribution is 6.02. The molecule has 29 heavy (non-hydrogen) atoms. The second kappa shape index (κ2) is 6.95. The van der Waals surface area contributed by atoms with Crippen molar-refractivity contribution in [2.75, 3.05) is 26.7 Å². The normalized spacial score (nSPS) is 22.6. The Hall–Kier alpha value is -2.73. The molecule has 152 valence electrons. The third kappa shape index (κ3) is 2.94. The van der Waals surface area contributed by atoms with Crippen molar-refractivity contribution in [3.8, 4) is 17.2 Å². The number of ether oxygens (including phenoxy) is 2. The second-order valence-electron chi connectivity index (χ2n) is 8.02. The first kappa shape index (κ1) is 18.3. The second-order valence-corrected chi connectivity index (χ2v) is 8.02. The third-order valence-electron chi connectivity index (χ3n) is 6.49. The fourth-order valence-electron chi connectivity index (χ4n) is 4.81. The number of phenolic OH excluding ortho intramolecular Hbond substituents is 1. The predicted octanol–water partition coefficient (Wildman–Crippen LogP) is 3.76. The zero-order valence-corrected chi connectivity index (χ0v) is 17.0. The lowest BCUT2D eigenvalue weighted by Crippen LogP contribution is -2.59. The van der Waals surface area contributed by atoms with Crippen LogP contribution in [0.2, 0.25) is 0 Å². The number of nitrogens with zero attached hydrogens (tertiary/aromatic N) is 3. The van der Waals surface area contributed by atoms with Gasteiger partial charge in [0.25, 0.3) is 0 Å². The van der Waals surface area contributed by atoms with Crippen molar-refractivity contribution < 1.29 is 14.6 Å². The fourth-order valence-corrected chi connectivity index (χ4v) is 4.81. The smallest absolute Gasteiger partial charge is 0.200 e. The topological polar surface area (TPSA) is 57.5 Å². The Bertz CT molecular complexity index is 933. The van der Waals surface area contributed by atoms with Crippen LogP contribution in [0.4, 0.5) is 0 Å². The summed E-state index contributed by atoms with van der Waals surface area (Å²) in [7, 11) is 1.70. The van der Waals surface area contributed by atoms with Crippen LogP contribution < -0.4 is 9.47 Å². The highest BCUT2D eigenvalue weighted by Crippen LogP contribution is 2.52. The number of piperidine rings is 1. The van der Waals surface area contributed by atoms with Crippen LogP contribution in [0.3, 0.4) is 0 Å². The van der Waals surface area contributed by atoms with Gasteiger partial charge >= 0.3 is 0 Å². The summed E-state index contributed by atoms with van der Waals surface area (Å²) in [5, 5.41) is 16.9. The molecule has 2 aromatic rings. The van der Waals surface area contributed by atoms with Crippen LogP contribution in [0.1, 0.15) is 43.4 Å². The molecule has 1 saturated heterocycles. The van der Waals surface area contributed by atoms with Gasteiger partial charge in [-0.25, -0.2) is 5.01 Å². The number of phenols is 1. The van der Waals surface area contributed by atoms with Crippen LogP contribution in [-0.2, 0) is 0 Å². The lowest BCUT2D eigenvalue weighted by molar-refractivity contribution is -0.150. The first-order valence-electron chi connectivity index (χ1n) is 10.4. The number of methoxy groups -OCH3 is 1. The van der Waals surface area contributed by atoms with Crippen molar-refractivity contribution in [1.82, 2.24) is 9.91 Å². The average Bonchev–Trinajstić information content (AvgIpc) is 3.21. The van der Waals surface area contributed by atoms with E-state index in [1.807, 2.05) is 24.3 Å². The van der Waals surface area contributed by atoms with Gasteiger partial charge in [-0.15, -0.1) is 0 Å². The maximum absolute atomic E-state index is 9.65. The van der Waals surface area contributed by atoms with Crippen molar-refractivity contribution in [2.45, 2.75) is 38.0 Å². The molecule has 0 aliphatic carbocycles. The minimum Gasteiger partial charge on any atom is -0.508 e. The molecule has 5 rings (SSSR count). The summed E-state index contributed by atoms with van der Waals surface area (Å²) in [5.41, 5.74) is 2.76. The van der Waals surface area contributed by atoms with Crippen molar-refractivity contribution in [3.05, 3.63) is 53.6 Å². The Morgan fingerprint density at radius 2 is 1.93 bits per heavy atom. The molecule has 6 heteroatoms. The molecule has 1 fully saturated rings. The standard InChI is InChI=1S/C23H27N3O3/c1-3-25-13-11-23(12-14-25)26-20(18-5-4-6-21(28-2)22(18)29-23)15-19(24-26)16-7-9-17(27)10-8-16/h4-10,20,27H,3,11-15H2,1-2H3. The minimum absolute atomic E-state index is 0.130. The van der Waals surface area contributed by atoms with E-state index in [9.17, 15) is 5.11 Å². The zero-order valence-electron chi connectivity index (χ0n) is 17.0. The maximum Gasteiger partial charge on any atom is 0.200 e. The molecule has 1 spiro atoms. The van der Waals surface area contributed by atoms with Gasteiger partial charge < -0.3 is 19.5 Å². The van der Waals surface area contributed by atoms with Crippen LogP contribution in [0, 0.1) is 0 Å². The number of para-hydroxylation sites is 1. The van der Waals surface area contributed by atoms with Crippen molar-refractivity contribution in [3.63, 3.8) is 0 Å². The van der Waals surface area contributed by atoms with Crippen molar-refractivity contribution in [1.29, 1.82) is 0 Å². The first-order chi connectivity index (χ1) is 14.1. The quantitative estimate of drug-likeness (QED) is 0.861. The number of rotatable bonds is 3. The summed E-state index contributed by atoms with van der Waals surface area (Å²) in [5.74, 6) is 1.92. The molecule has 0 saturated carbocycles. The Morgan fingerprint density at radius 3 is 2.62 bits per heavy atom. The molecule has 3 heterocycles. The molecule has 3 aliphatic heterocycles. The molecule has 2 aromatic carbocycles. The number of aromatic hydroxyl groups is 1. The highest BCUT2D eigenvalue weighted by atomic mass is 16.5. The Labute approximate surface area is 171 Å². The Balaban J connectivity index is 1.57. The van der Waals surface area contributed by atoms with Crippen LogP contribution in [0.25, 0.3) is 0 Å². The number of hydrogen-bond acceptors (Lipinski definition) is 6. The molecule has 0 bridgehead atoms. The molecule has 6 nitrogen and oxygen atoms in total. The molecule has 0 radical (unpaired) electrons. The fraction of sp³-hybridized carbons (Fsp3) is 0.435. The SMILES string of the molecule is CCN1CCC2(CC1)Oc1c(OC)cccc1C1CC(c3ccc(O)cc3)=NN12. The van der Waals surface area contributed by atoms with Crippen molar-refractivity contribution >= 4 is 5.71 Å². The first-order valence-corrected chi connectivity index (χ1v) is 10.4. The summed E-state index contributed by atoms with van der Waals surface area (Å²) >= 11 is 0. The van der Waals surface area contributed by atoms with Crippen LogP contribution in [0.15, 0.2) is 47.6 Å². The van der Waals surface area contributed by atoms with Gasteiger partial charge in [0.15, 0.2) is 11.5 Å². The zero-order chi connectivity index (χ0) is 20.0. The monoisotopic (exact) mass is 393 g/mol. The van der Waals surface area contributed by atoms with E-state index in [1.165, 1.54) is 0 Å². The van der Waals surface area contributed by atoms with Crippen LogP contribution in [0.5, 0.6) is 17.2 Å².